The van der Waals surface area contributed by atoms with Crippen molar-refractivity contribution in [3.63, 3.8) is 0 Å². The van der Waals surface area contributed by atoms with Gasteiger partial charge in [0.1, 0.15) is 11.8 Å². The molecule has 1 amide bonds. The molecule has 1 aliphatic heterocycles. The summed E-state index contributed by atoms with van der Waals surface area (Å²) in [5, 5.41) is 8.89. The summed E-state index contributed by atoms with van der Waals surface area (Å²) in [7, 11) is 0. The summed E-state index contributed by atoms with van der Waals surface area (Å²) in [4.78, 5) is 13.5. The Balaban J connectivity index is 2.74. The first-order valence-electron chi connectivity index (χ1n) is 6.43. The van der Waals surface area contributed by atoms with Crippen LogP contribution in [-0.2, 0) is 4.74 Å². The van der Waals surface area contributed by atoms with Crippen LogP contribution < -0.4 is 0 Å². The summed E-state index contributed by atoms with van der Waals surface area (Å²) in [6.45, 7) is 7.36. The number of ether oxygens (including phenoxy) is 1. The fourth-order valence-corrected chi connectivity index (χ4v) is 2.38. The maximum absolute atomic E-state index is 13.6. The molecule has 0 unspecified atom stereocenters. The van der Waals surface area contributed by atoms with Gasteiger partial charge in [0.25, 0.3) is 0 Å². The third kappa shape index (κ3) is 3.83. The van der Waals surface area contributed by atoms with Gasteiger partial charge in [-0.15, -0.1) is 0 Å². The Kier molecular flexibility index (Phi) is 4.59. The molecule has 0 aromatic heterocycles. The van der Waals surface area contributed by atoms with Crippen LogP contribution in [0.4, 0.5) is 9.18 Å². The molecule has 1 rings (SSSR count). The molecule has 1 aliphatic rings. The number of hydrogen-bond donors (Lipinski definition) is 1. The molecule has 1 heterocycles. The molecule has 2 atom stereocenters. The van der Waals surface area contributed by atoms with Crippen molar-refractivity contribution in [3.05, 3.63) is 0 Å². The maximum Gasteiger partial charge on any atom is 0.410 e. The third-order valence-electron chi connectivity index (χ3n) is 3.18. The van der Waals surface area contributed by atoms with E-state index in [2.05, 4.69) is 0 Å². The molecule has 0 radical (unpaired) electrons. The topological polar surface area (TPSA) is 49.8 Å². The molecule has 1 fully saturated rings. The molecule has 4 nitrogen and oxygen atoms in total. The number of rotatable bonds is 3. The van der Waals surface area contributed by atoms with E-state index in [-0.39, 0.29) is 13.2 Å². The number of likely N-dealkylation sites (tertiary alicyclic amines) is 1. The minimum atomic E-state index is -1.01. The van der Waals surface area contributed by atoms with E-state index in [9.17, 15) is 9.18 Å². The molecule has 1 N–H and O–H groups in total. The number of halogens is 1. The lowest BCUT2D eigenvalue weighted by atomic mass is 9.93. The van der Waals surface area contributed by atoms with Crippen LogP contribution in [0.25, 0.3) is 0 Å². The second kappa shape index (κ2) is 5.43. The van der Waals surface area contributed by atoms with Gasteiger partial charge in [0, 0.05) is 18.6 Å². The Morgan fingerprint density at radius 3 is 2.67 bits per heavy atom. The van der Waals surface area contributed by atoms with Crippen molar-refractivity contribution in [2.45, 2.75) is 64.3 Å². The van der Waals surface area contributed by atoms with E-state index in [1.54, 1.807) is 20.8 Å². The lowest BCUT2D eigenvalue weighted by Gasteiger charge is -2.36. The maximum atomic E-state index is 13.6. The first kappa shape index (κ1) is 15.2. The van der Waals surface area contributed by atoms with E-state index < -0.39 is 23.4 Å². The number of nitrogens with zero attached hydrogens (tertiary/aromatic N) is 1. The van der Waals surface area contributed by atoms with Gasteiger partial charge in [0.15, 0.2) is 0 Å². The Bertz CT molecular complexity index is 303. The molecule has 0 saturated carbocycles. The number of amides is 1. The van der Waals surface area contributed by atoms with Crippen LogP contribution in [0.2, 0.25) is 0 Å². The van der Waals surface area contributed by atoms with Crippen molar-refractivity contribution in [2.75, 3.05) is 13.2 Å². The van der Waals surface area contributed by atoms with Crippen LogP contribution in [0.1, 0.15) is 47.0 Å². The number of carbonyl (C=O) groups excluding carboxylic acids is 1. The highest BCUT2D eigenvalue weighted by molar-refractivity contribution is 5.69. The molecule has 106 valence electrons. The molecule has 0 aliphatic carbocycles. The lowest BCUT2D eigenvalue weighted by Crippen LogP contribution is -2.47. The zero-order chi connectivity index (χ0) is 14.0. The molecular weight excluding hydrogens is 237 g/mol. The van der Waals surface area contributed by atoms with Gasteiger partial charge in [-0.05, 0) is 40.5 Å². The summed E-state index contributed by atoms with van der Waals surface area (Å²) in [5.41, 5.74) is -1.13. The van der Waals surface area contributed by atoms with Crippen LogP contribution in [0.3, 0.4) is 0 Å². The van der Waals surface area contributed by atoms with E-state index in [1.165, 1.54) is 4.90 Å². The summed E-state index contributed by atoms with van der Waals surface area (Å²) in [6.07, 6.45) is -0.0259. The van der Waals surface area contributed by atoms with E-state index in [4.69, 9.17) is 9.84 Å². The van der Waals surface area contributed by atoms with Crippen molar-refractivity contribution in [3.8, 4) is 0 Å². The van der Waals surface area contributed by atoms with Crippen LogP contribution in [0.15, 0.2) is 0 Å². The van der Waals surface area contributed by atoms with Gasteiger partial charge in [-0.2, -0.15) is 0 Å². The van der Waals surface area contributed by atoms with E-state index in [1.807, 2.05) is 6.92 Å². The average Bonchev–Trinajstić information content (AvgIpc) is 2.49. The number of alkyl halides is 1. The largest absolute Gasteiger partial charge is 0.444 e. The van der Waals surface area contributed by atoms with Gasteiger partial charge < -0.3 is 9.84 Å². The first-order valence-corrected chi connectivity index (χ1v) is 6.43. The quantitative estimate of drug-likeness (QED) is 0.849. The van der Waals surface area contributed by atoms with Crippen molar-refractivity contribution in [1.29, 1.82) is 0 Å². The van der Waals surface area contributed by atoms with Crippen LogP contribution in [-0.4, -0.2) is 46.6 Å². The van der Waals surface area contributed by atoms with Crippen molar-refractivity contribution in [2.24, 2.45) is 0 Å². The zero-order valence-electron chi connectivity index (χ0n) is 11.7. The number of carbonyl (C=O) groups is 1. The van der Waals surface area contributed by atoms with Crippen molar-refractivity contribution < 1.29 is 19.0 Å². The van der Waals surface area contributed by atoms with Gasteiger partial charge in [-0.3, -0.25) is 4.90 Å². The summed E-state index contributed by atoms with van der Waals surface area (Å²) in [6, 6.07) is 0. The second-order valence-corrected chi connectivity index (χ2v) is 6.22. The highest BCUT2D eigenvalue weighted by Gasteiger charge is 2.45. The van der Waals surface area contributed by atoms with Gasteiger partial charge in [-0.25, -0.2) is 9.18 Å². The van der Waals surface area contributed by atoms with Crippen LogP contribution >= 0.6 is 0 Å². The number of hydrogen-bond acceptors (Lipinski definition) is 3. The molecule has 5 heteroatoms. The standard InChI is InChI=1S/C13H24FNO3/c1-12(2,3)18-11(17)15-9-10(14)8-13(15,4)6-5-7-16/h10,16H,5-9H2,1-4H3/t10-,13-/m1/s1. The molecule has 0 aromatic rings. The van der Waals surface area contributed by atoms with E-state index in [0.29, 0.717) is 19.3 Å². The normalized spacial score (nSPS) is 28.6. The Hall–Kier alpha value is -0.840. The third-order valence-corrected chi connectivity index (χ3v) is 3.18. The highest BCUT2D eigenvalue weighted by atomic mass is 19.1. The number of aliphatic hydroxyl groups excluding tert-OH is 1. The molecule has 1 saturated heterocycles. The summed E-state index contributed by atoms with van der Waals surface area (Å²) in [5.74, 6) is 0. The predicted molar refractivity (Wildman–Crippen MR) is 67.2 cm³/mol. The smallest absolute Gasteiger partial charge is 0.410 e. The van der Waals surface area contributed by atoms with E-state index >= 15 is 0 Å². The van der Waals surface area contributed by atoms with Crippen molar-refractivity contribution >= 4 is 6.09 Å². The SMILES string of the molecule is CC(C)(C)OC(=O)N1C[C@H](F)C[C@@]1(C)CCCO. The zero-order valence-corrected chi connectivity index (χ0v) is 11.7. The molecule has 18 heavy (non-hydrogen) atoms. The Morgan fingerprint density at radius 1 is 1.56 bits per heavy atom. The van der Waals surface area contributed by atoms with Gasteiger partial charge in [0.2, 0.25) is 0 Å². The Morgan fingerprint density at radius 2 is 2.17 bits per heavy atom. The van der Waals surface area contributed by atoms with Crippen LogP contribution in [0, 0.1) is 0 Å². The lowest BCUT2D eigenvalue weighted by molar-refractivity contribution is 0.00805. The summed E-state index contributed by atoms with van der Waals surface area (Å²) < 4.78 is 18.9. The first-order chi connectivity index (χ1) is 8.18. The fourth-order valence-electron chi connectivity index (χ4n) is 2.38. The van der Waals surface area contributed by atoms with Gasteiger partial charge in [-0.1, -0.05) is 0 Å². The fraction of sp³-hybridized carbons (Fsp3) is 0.923. The molecule has 0 aromatic carbocycles. The monoisotopic (exact) mass is 261 g/mol. The molecule has 0 spiro atoms. The highest BCUT2D eigenvalue weighted by Crippen LogP contribution is 2.35. The van der Waals surface area contributed by atoms with Gasteiger partial charge in [0.05, 0.1) is 6.54 Å². The molecule has 0 bridgehead atoms. The van der Waals surface area contributed by atoms with Crippen molar-refractivity contribution in [1.82, 2.24) is 4.90 Å². The number of aliphatic hydroxyl groups is 1. The predicted octanol–water partition coefficient (Wildman–Crippen LogP) is 2.50. The van der Waals surface area contributed by atoms with E-state index in [0.717, 1.165) is 0 Å². The minimum Gasteiger partial charge on any atom is -0.444 e. The Labute approximate surface area is 108 Å². The summed E-state index contributed by atoms with van der Waals surface area (Å²) >= 11 is 0. The molecular formula is C13H24FNO3. The van der Waals surface area contributed by atoms with Crippen LogP contribution in [0.5, 0.6) is 0 Å². The average molecular weight is 261 g/mol. The second-order valence-electron chi connectivity index (χ2n) is 6.22. The minimum absolute atomic E-state index is 0.0503. The van der Waals surface area contributed by atoms with Gasteiger partial charge >= 0.3 is 6.09 Å².